The highest BCUT2D eigenvalue weighted by molar-refractivity contribution is 5.91. The van der Waals surface area contributed by atoms with Gasteiger partial charge in [-0.3, -0.25) is 28.8 Å². The van der Waals surface area contributed by atoms with E-state index in [0.717, 1.165) is 28.3 Å². The third-order valence-corrected chi connectivity index (χ3v) is 13.9. The highest BCUT2D eigenvalue weighted by Crippen LogP contribution is 2.29. The van der Waals surface area contributed by atoms with Gasteiger partial charge in [-0.05, 0) is 136 Å². The number of carbonyl (C=O) groups is 9. The van der Waals surface area contributed by atoms with Gasteiger partial charge in [0.15, 0.2) is 0 Å². The van der Waals surface area contributed by atoms with Crippen LogP contribution in [0.4, 0.5) is 4.79 Å². The van der Waals surface area contributed by atoms with E-state index in [2.05, 4.69) is 56.8 Å². The minimum atomic E-state index is -1.54. The lowest BCUT2D eigenvalue weighted by Crippen LogP contribution is -2.51. The molecule has 3 aromatic rings. The molecular formula is C56H81N9O12. The summed E-state index contributed by atoms with van der Waals surface area (Å²) in [5.74, 6) is -5.99. The molecule has 6 unspecified atom stereocenters. The summed E-state index contributed by atoms with van der Waals surface area (Å²) in [7, 11) is 0. The normalized spacial score (nSPS) is 16.8. The first-order valence-corrected chi connectivity index (χ1v) is 26.9. The molecule has 7 amide bonds. The van der Waals surface area contributed by atoms with Crippen LogP contribution in [0.3, 0.4) is 0 Å². The number of unbranched alkanes of at least 4 members (excludes halogenated alkanes) is 2. The number of nitrogens with two attached hydrogens (primary N) is 2. The molecule has 0 bridgehead atoms. The predicted molar refractivity (Wildman–Crippen MR) is 290 cm³/mol. The van der Waals surface area contributed by atoms with Gasteiger partial charge >= 0.3 is 23.9 Å². The fraction of sp³-hybridized carbons (Fsp3) is 0.554. The maximum absolute atomic E-state index is 13.8. The van der Waals surface area contributed by atoms with E-state index in [1.165, 1.54) is 5.56 Å². The van der Waals surface area contributed by atoms with Gasteiger partial charge in [0.1, 0.15) is 25.6 Å². The number of hydrogen-bond acceptors (Lipinski definition) is 11. The van der Waals surface area contributed by atoms with Crippen molar-refractivity contribution in [3.05, 3.63) is 83.4 Å². The van der Waals surface area contributed by atoms with Crippen molar-refractivity contribution in [3.8, 4) is 0 Å². The average Bonchev–Trinajstić information content (AvgIpc) is 3.41. The van der Waals surface area contributed by atoms with E-state index in [4.69, 9.17) is 12.3 Å². The number of fused-ring (bicyclic) bond motifs is 1. The first kappa shape index (κ1) is 60.7. The maximum Gasteiger partial charge on any atom is 0.326 e. The Morgan fingerprint density at radius 1 is 0.597 bits per heavy atom. The topological polar surface area (TPSA) is 351 Å². The molecule has 6 atom stereocenters. The third kappa shape index (κ3) is 22.2. The summed E-state index contributed by atoms with van der Waals surface area (Å²) in [6, 6.07) is 15.0. The Kier molecular flexibility index (Phi) is 25.6. The zero-order chi connectivity index (χ0) is 57.1. The molecular weight excluding hydrogens is 991 g/mol. The monoisotopic (exact) mass is 1070 g/mol. The SMILES string of the molecule is [2H]NC(CCCCNC(=O)C(CCN)NC(=O)C(C)c1ccc(CC(C)C)cc1)C(=O)NCC1CCC(C(=O)NC(Cc2ccc3ccccc3c2)C(=O)NCCCCC(NC(=O)NC(CCC(=O)O)C(=O)O)C(=O)O)CC1. The van der Waals surface area contributed by atoms with Crippen LogP contribution in [0.15, 0.2) is 66.7 Å². The minimum Gasteiger partial charge on any atom is -0.481 e. The van der Waals surface area contributed by atoms with Gasteiger partial charge in [-0.15, -0.1) is 0 Å². The Bertz CT molecular complexity index is 2470. The quantitative estimate of drug-likeness (QED) is 0.0381. The molecule has 14 N–H and O–H groups in total. The van der Waals surface area contributed by atoms with Gasteiger partial charge in [-0.25, -0.2) is 14.4 Å². The van der Waals surface area contributed by atoms with E-state index >= 15 is 0 Å². The van der Waals surface area contributed by atoms with Crippen LogP contribution < -0.4 is 48.7 Å². The Morgan fingerprint density at radius 2 is 1.19 bits per heavy atom. The van der Waals surface area contributed by atoms with Gasteiger partial charge in [-0.1, -0.05) is 80.6 Å². The Morgan fingerprint density at radius 3 is 1.79 bits per heavy atom. The molecule has 21 heteroatoms. The van der Waals surface area contributed by atoms with Crippen molar-refractivity contribution in [1.82, 2.24) is 37.2 Å². The summed E-state index contributed by atoms with van der Waals surface area (Å²) in [5.41, 5.74) is 11.0. The number of carbonyl (C=O) groups excluding carboxylic acids is 6. The molecule has 4 rings (SSSR count). The predicted octanol–water partition coefficient (Wildman–Crippen LogP) is 3.60. The molecule has 0 heterocycles. The number of aliphatic carboxylic acids is 3. The second-order valence-electron chi connectivity index (χ2n) is 20.6. The fourth-order valence-corrected chi connectivity index (χ4v) is 9.28. The molecule has 0 radical (unpaired) electrons. The van der Waals surface area contributed by atoms with E-state index in [-0.39, 0.29) is 74.2 Å². The first-order valence-electron chi connectivity index (χ1n) is 27.4. The molecule has 1 aliphatic rings. The number of rotatable bonds is 34. The second-order valence-corrected chi connectivity index (χ2v) is 20.6. The van der Waals surface area contributed by atoms with Gasteiger partial charge in [0, 0.05) is 38.4 Å². The molecule has 0 saturated heterocycles. The van der Waals surface area contributed by atoms with Crippen molar-refractivity contribution in [2.24, 2.45) is 29.2 Å². The number of nitrogens with one attached hydrogen (secondary N) is 7. The summed E-state index contributed by atoms with van der Waals surface area (Å²) < 4.78 is 7.81. The lowest BCUT2D eigenvalue weighted by Gasteiger charge is -2.29. The van der Waals surface area contributed by atoms with Crippen LogP contribution in [0.1, 0.15) is 127 Å². The van der Waals surface area contributed by atoms with Crippen molar-refractivity contribution in [1.29, 1.82) is 0 Å². The van der Waals surface area contributed by atoms with E-state index in [9.17, 15) is 53.4 Å². The van der Waals surface area contributed by atoms with Crippen LogP contribution in [0.2, 0.25) is 1.41 Å². The summed E-state index contributed by atoms with van der Waals surface area (Å²) in [4.78, 5) is 114. The van der Waals surface area contributed by atoms with E-state index in [1.54, 1.807) is 6.92 Å². The molecule has 1 fully saturated rings. The average molecular weight is 1070 g/mol. The lowest BCUT2D eigenvalue weighted by molar-refractivity contribution is -0.141. The number of hydrogen-bond donors (Lipinski definition) is 12. The Hall–Kier alpha value is -7.13. The Balaban J connectivity index is 1.20. The largest absolute Gasteiger partial charge is 0.481 e. The number of amides is 7. The third-order valence-electron chi connectivity index (χ3n) is 13.9. The van der Waals surface area contributed by atoms with Gasteiger partial charge < -0.3 is 64.0 Å². The molecule has 77 heavy (non-hydrogen) atoms. The zero-order valence-corrected chi connectivity index (χ0v) is 44.6. The second kappa shape index (κ2) is 32.5. The lowest BCUT2D eigenvalue weighted by atomic mass is 9.81. The van der Waals surface area contributed by atoms with Crippen molar-refractivity contribution >= 4 is 64.2 Å². The van der Waals surface area contributed by atoms with Crippen LogP contribution >= 0.6 is 0 Å². The fourth-order valence-electron chi connectivity index (χ4n) is 9.28. The van der Waals surface area contributed by atoms with Gasteiger partial charge in [-0.2, -0.15) is 0 Å². The van der Waals surface area contributed by atoms with Gasteiger partial charge in [0.05, 0.1) is 12.0 Å². The van der Waals surface area contributed by atoms with Gasteiger partial charge in [0.2, 0.25) is 29.5 Å². The molecule has 422 valence electrons. The molecule has 3 aromatic carbocycles. The molecule has 0 aliphatic heterocycles. The Labute approximate surface area is 452 Å². The summed E-state index contributed by atoms with van der Waals surface area (Å²) >= 11 is 0. The van der Waals surface area contributed by atoms with Crippen molar-refractivity contribution in [3.63, 3.8) is 0 Å². The first-order chi connectivity index (χ1) is 37.3. The number of benzene rings is 3. The smallest absolute Gasteiger partial charge is 0.326 e. The van der Waals surface area contributed by atoms with Gasteiger partial charge in [0.25, 0.3) is 0 Å². The highest BCUT2D eigenvalue weighted by Gasteiger charge is 2.31. The standard InChI is InChI=1S/C56H81N9O12/c1-34(2)30-36-14-19-39(20-15-36)35(3)49(68)62-44(26-27-57)52(71)59-28-8-6-12-43(58)51(70)61-33-37-16-22-41(23-17-37)50(69)63-47(32-38-18-21-40-10-4-5-11-42(40)31-38)53(72)60-29-9-7-13-45(54(73)74)64-56(77)65-46(55(75)76)24-25-48(66)67/h4-5,10-11,14-15,18-21,31,34-35,37,41,43-47H,6-9,12-13,16-17,22-30,32-33,57-58H2,1-3H3,(H,59,71)(H,60,72)(H,61,70)(H,62,68)(H,63,69)(H,66,67)(H,73,74)(H,75,76)(H2,64,65,77)/i/hD. The van der Waals surface area contributed by atoms with Crippen LogP contribution in [0.25, 0.3) is 10.8 Å². The minimum absolute atomic E-state index is 0.0592. The van der Waals surface area contributed by atoms with Crippen molar-refractivity contribution in [2.75, 3.05) is 26.2 Å². The zero-order valence-electron chi connectivity index (χ0n) is 45.6. The van der Waals surface area contributed by atoms with E-state index in [0.29, 0.717) is 70.4 Å². The van der Waals surface area contributed by atoms with Crippen LogP contribution in [0.5, 0.6) is 0 Å². The summed E-state index contributed by atoms with van der Waals surface area (Å²) in [6.07, 6.45) is 4.73. The summed E-state index contributed by atoms with van der Waals surface area (Å²) in [6.45, 7) is 7.10. The van der Waals surface area contributed by atoms with E-state index in [1.807, 2.05) is 66.7 Å². The summed E-state index contributed by atoms with van der Waals surface area (Å²) in [5, 5.41) is 48.6. The molecule has 1 saturated carbocycles. The molecule has 0 spiro atoms. The van der Waals surface area contributed by atoms with E-state index < -0.39 is 78.8 Å². The maximum atomic E-state index is 13.8. The highest BCUT2D eigenvalue weighted by atomic mass is 16.4. The number of urea groups is 1. The molecule has 0 aromatic heterocycles. The number of carboxylic acid groups (broad SMARTS) is 3. The van der Waals surface area contributed by atoms with Crippen LogP contribution in [0, 0.1) is 17.8 Å². The molecule has 21 nitrogen and oxygen atoms in total. The molecule has 1 aliphatic carbocycles. The van der Waals surface area contributed by atoms with Crippen molar-refractivity contribution < 1.29 is 59.9 Å². The number of carboxylic acids is 3. The van der Waals surface area contributed by atoms with Crippen LogP contribution in [-0.2, 0) is 51.2 Å². The van der Waals surface area contributed by atoms with Crippen molar-refractivity contribution in [2.45, 2.75) is 153 Å². The van der Waals surface area contributed by atoms with Crippen LogP contribution in [-0.4, -0.2) is 125 Å².